The summed E-state index contributed by atoms with van der Waals surface area (Å²) in [6.07, 6.45) is 0.553. The van der Waals surface area contributed by atoms with Crippen LogP contribution in [-0.4, -0.2) is 38.0 Å². The quantitative estimate of drug-likeness (QED) is 0.781. The highest BCUT2D eigenvalue weighted by molar-refractivity contribution is 5.75. The van der Waals surface area contributed by atoms with Crippen molar-refractivity contribution < 1.29 is 4.79 Å². The molecule has 0 radical (unpaired) electrons. The first-order valence-electron chi connectivity index (χ1n) is 6.40. The van der Waals surface area contributed by atoms with Crippen molar-refractivity contribution in [2.24, 2.45) is 0 Å². The van der Waals surface area contributed by atoms with E-state index < -0.39 is 0 Å². The molecule has 1 rings (SSSR count). The first-order valence-corrected chi connectivity index (χ1v) is 6.40. The minimum atomic E-state index is 0.0857. The van der Waals surface area contributed by atoms with Crippen molar-refractivity contribution in [2.75, 3.05) is 27.2 Å². The summed E-state index contributed by atoms with van der Waals surface area (Å²) in [5, 5.41) is 3.36. The highest BCUT2D eigenvalue weighted by Crippen LogP contribution is 2.21. The molecule has 0 aliphatic carbocycles. The third-order valence-corrected chi connectivity index (χ3v) is 3.14. The first-order chi connectivity index (χ1) is 8.43. The lowest BCUT2D eigenvalue weighted by molar-refractivity contribution is -0.128. The van der Waals surface area contributed by atoms with Crippen molar-refractivity contribution in [3.05, 3.63) is 35.9 Å². The molecule has 0 bridgehead atoms. The summed E-state index contributed by atoms with van der Waals surface area (Å²) in [5.41, 5.74) is 1.40. The molecule has 1 N–H and O–H groups in total. The summed E-state index contributed by atoms with van der Waals surface area (Å²) in [7, 11) is 3.58. The van der Waals surface area contributed by atoms with Crippen molar-refractivity contribution in [3.63, 3.8) is 0 Å². The molecule has 0 spiro atoms. The number of hydrogen-bond acceptors (Lipinski definition) is 2. The van der Waals surface area contributed by atoms with Crippen LogP contribution in [0.3, 0.4) is 0 Å². The topological polar surface area (TPSA) is 32.3 Å². The van der Waals surface area contributed by atoms with Gasteiger partial charge >= 0.3 is 0 Å². The third-order valence-electron chi connectivity index (χ3n) is 3.14. The van der Waals surface area contributed by atoms with E-state index in [4.69, 9.17) is 0 Å². The van der Waals surface area contributed by atoms with E-state index in [9.17, 15) is 4.79 Å². The minimum Gasteiger partial charge on any atom is -0.349 e. The van der Waals surface area contributed by atoms with Crippen molar-refractivity contribution in [3.8, 4) is 0 Å². The van der Waals surface area contributed by atoms with Crippen molar-refractivity contribution >= 4 is 5.91 Å². The Morgan fingerprint density at radius 1 is 1.22 bits per heavy atom. The zero-order valence-corrected chi connectivity index (χ0v) is 11.9. The van der Waals surface area contributed by atoms with E-state index in [-0.39, 0.29) is 11.3 Å². The van der Waals surface area contributed by atoms with Gasteiger partial charge in [0.15, 0.2) is 0 Å². The van der Waals surface area contributed by atoms with Crippen LogP contribution in [0, 0.1) is 0 Å². The van der Waals surface area contributed by atoms with Gasteiger partial charge in [-0.25, -0.2) is 0 Å². The number of rotatable bonds is 6. The molecule has 1 aromatic rings. The monoisotopic (exact) mass is 248 g/mol. The minimum absolute atomic E-state index is 0.0857. The van der Waals surface area contributed by atoms with Gasteiger partial charge in [-0.05, 0) is 5.56 Å². The summed E-state index contributed by atoms with van der Waals surface area (Å²) in [6.45, 7) is 6.02. The van der Waals surface area contributed by atoms with Gasteiger partial charge in [-0.2, -0.15) is 0 Å². The third kappa shape index (κ3) is 4.49. The molecular formula is C15H24N2O. The van der Waals surface area contributed by atoms with Gasteiger partial charge in [0.05, 0.1) is 0 Å². The molecule has 0 aliphatic heterocycles. The highest BCUT2D eigenvalue weighted by Gasteiger charge is 2.19. The average molecular weight is 248 g/mol. The lowest BCUT2D eigenvalue weighted by Crippen LogP contribution is -2.35. The number of carbonyl (C=O) groups is 1. The fourth-order valence-corrected chi connectivity index (χ4v) is 1.81. The predicted molar refractivity (Wildman–Crippen MR) is 75.6 cm³/mol. The summed E-state index contributed by atoms with van der Waals surface area (Å²) in [6, 6.07) is 10.4. The summed E-state index contributed by atoms with van der Waals surface area (Å²) < 4.78 is 0. The lowest BCUT2D eigenvalue weighted by Gasteiger charge is -2.25. The van der Waals surface area contributed by atoms with Gasteiger partial charge in [0, 0.05) is 39.0 Å². The number of nitrogens with zero attached hydrogens (tertiary/aromatic N) is 1. The molecular weight excluding hydrogens is 224 g/mol. The molecule has 0 saturated carbocycles. The molecule has 18 heavy (non-hydrogen) atoms. The number of nitrogens with one attached hydrogen (secondary N) is 1. The van der Waals surface area contributed by atoms with E-state index in [1.54, 1.807) is 19.0 Å². The van der Waals surface area contributed by atoms with E-state index in [0.717, 1.165) is 13.1 Å². The Labute approximate surface area is 110 Å². The van der Waals surface area contributed by atoms with E-state index in [1.165, 1.54) is 5.56 Å². The Morgan fingerprint density at radius 2 is 1.83 bits per heavy atom. The van der Waals surface area contributed by atoms with E-state index >= 15 is 0 Å². The van der Waals surface area contributed by atoms with Gasteiger partial charge < -0.3 is 10.2 Å². The van der Waals surface area contributed by atoms with Crippen LogP contribution < -0.4 is 5.32 Å². The van der Waals surface area contributed by atoms with E-state index in [1.807, 2.05) is 6.07 Å². The number of hydrogen-bond donors (Lipinski definition) is 1. The van der Waals surface area contributed by atoms with E-state index in [2.05, 4.69) is 43.4 Å². The van der Waals surface area contributed by atoms with Crippen LogP contribution in [0.4, 0.5) is 0 Å². The highest BCUT2D eigenvalue weighted by atomic mass is 16.2. The molecule has 0 saturated heterocycles. The largest absolute Gasteiger partial charge is 0.349 e. The van der Waals surface area contributed by atoms with E-state index in [0.29, 0.717) is 6.42 Å². The smallest absolute Gasteiger partial charge is 0.223 e. The van der Waals surface area contributed by atoms with Crippen LogP contribution in [0.25, 0.3) is 0 Å². The molecule has 0 aliphatic rings. The summed E-state index contributed by atoms with van der Waals surface area (Å²) >= 11 is 0. The van der Waals surface area contributed by atoms with Gasteiger partial charge in [0.25, 0.3) is 0 Å². The molecule has 0 heterocycles. The molecule has 0 atom stereocenters. The number of amides is 1. The standard InChI is InChI=1S/C15H24N2O/c1-15(2,13-8-6-5-7-9-13)12-16-11-10-14(18)17(3)4/h5-9,16H,10-12H2,1-4H3. The maximum atomic E-state index is 11.4. The second-order valence-corrected chi connectivity index (χ2v) is 5.46. The molecule has 0 unspecified atom stereocenters. The SMILES string of the molecule is CN(C)C(=O)CCNCC(C)(C)c1ccccc1. The average Bonchev–Trinajstić information content (AvgIpc) is 2.35. The van der Waals surface area contributed by atoms with Crippen molar-refractivity contribution in [2.45, 2.75) is 25.7 Å². The normalized spacial score (nSPS) is 11.3. The Balaban J connectivity index is 2.37. The lowest BCUT2D eigenvalue weighted by atomic mass is 9.84. The van der Waals surface area contributed by atoms with Crippen LogP contribution >= 0.6 is 0 Å². The van der Waals surface area contributed by atoms with Crippen LogP contribution in [0.15, 0.2) is 30.3 Å². The number of carbonyl (C=O) groups excluding carboxylic acids is 1. The number of benzene rings is 1. The van der Waals surface area contributed by atoms with Gasteiger partial charge in [-0.1, -0.05) is 44.2 Å². The Bertz CT molecular complexity index is 371. The Kier molecular flexibility index (Phi) is 5.35. The maximum Gasteiger partial charge on any atom is 0.223 e. The molecule has 0 fully saturated rings. The predicted octanol–water partition coefficient (Wildman–Crippen LogP) is 2.03. The molecule has 3 nitrogen and oxygen atoms in total. The van der Waals surface area contributed by atoms with Crippen LogP contribution in [0.1, 0.15) is 25.8 Å². The van der Waals surface area contributed by atoms with Crippen molar-refractivity contribution in [1.29, 1.82) is 0 Å². The summed E-state index contributed by atoms with van der Waals surface area (Å²) in [5.74, 6) is 0.167. The summed E-state index contributed by atoms with van der Waals surface area (Å²) in [4.78, 5) is 13.1. The fourth-order valence-electron chi connectivity index (χ4n) is 1.81. The van der Waals surface area contributed by atoms with Crippen LogP contribution in [0.5, 0.6) is 0 Å². The van der Waals surface area contributed by atoms with Gasteiger partial charge in [-0.3, -0.25) is 4.79 Å². The zero-order chi connectivity index (χ0) is 13.6. The Morgan fingerprint density at radius 3 is 2.39 bits per heavy atom. The van der Waals surface area contributed by atoms with Crippen molar-refractivity contribution in [1.82, 2.24) is 10.2 Å². The second-order valence-electron chi connectivity index (χ2n) is 5.46. The molecule has 3 heteroatoms. The molecule has 1 amide bonds. The molecule has 100 valence electrons. The Hall–Kier alpha value is -1.35. The van der Waals surface area contributed by atoms with Gasteiger partial charge in [0.2, 0.25) is 5.91 Å². The van der Waals surface area contributed by atoms with Gasteiger partial charge in [-0.15, -0.1) is 0 Å². The zero-order valence-electron chi connectivity index (χ0n) is 11.9. The second kappa shape index (κ2) is 6.55. The first kappa shape index (κ1) is 14.7. The fraction of sp³-hybridized carbons (Fsp3) is 0.533. The maximum absolute atomic E-state index is 11.4. The van der Waals surface area contributed by atoms with Crippen LogP contribution in [0.2, 0.25) is 0 Å². The van der Waals surface area contributed by atoms with Gasteiger partial charge in [0.1, 0.15) is 0 Å². The van der Waals surface area contributed by atoms with Crippen LogP contribution in [-0.2, 0) is 10.2 Å². The molecule has 1 aromatic carbocycles. The molecule has 0 aromatic heterocycles.